The van der Waals surface area contributed by atoms with Crippen molar-refractivity contribution in [2.45, 2.75) is 32.4 Å². The van der Waals surface area contributed by atoms with Crippen LogP contribution in [0, 0.1) is 0 Å². The molecule has 106 valence electrons. The van der Waals surface area contributed by atoms with Gasteiger partial charge in [-0.05, 0) is 32.4 Å². The quantitative estimate of drug-likeness (QED) is 0.849. The number of carbonyl (C=O) groups excluding carboxylic acids is 1. The van der Waals surface area contributed by atoms with Gasteiger partial charge in [-0.3, -0.25) is 4.79 Å². The van der Waals surface area contributed by atoms with Gasteiger partial charge >= 0.3 is 0 Å². The highest BCUT2D eigenvalue weighted by atomic mass is 35.5. The van der Waals surface area contributed by atoms with Gasteiger partial charge in [-0.15, -0.1) is 0 Å². The first-order valence-corrected chi connectivity index (χ1v) is 6.69. The summed E-state index contributed by atoms with van der Waals surface area (Å²) in [6.07, 6.45) is 0.0460. The molecule has 0 spiro atoms. The third-order valence-corrected chi connectivity index (χ3v) is 3.10. The molecule has 0 bridgehead atoms. The largest absolute Gasteiger partial charge is 0.484 e. The Bertz CT molecular complexity index is 438. The van der Waals surface area contributed by atoms with E-state index in [1.165, 1.54) is 0 Å². The molecule has 2 unspecified atom stereocenters. The number of hydrogen-bond acceptors (Lipinski definition) is 3. The molecule has 1 aromatic carbocycles. The van der Waals surface area contributed by atoms with Gasteiger partial charge in [-0.2, -0.15) is 0 Å². The summed E-state index contributed by atoms with van der Waals surface area (Å²) in [5.74, 6) is 0.229. The molecule has 0 aliphatic rings. The normalized spacial score (nSPS) is 13.7. The molecule has 1 aromatic rings. The van der Waals surface area contributed by atoms with Gasteiger partial charge in [-0.1, -0.05) is 23.2 Å². The number of benzene rings is 1. The van der Waals surface area contributed by atoms with Crippen molar-refractivity contribution < 1.29 is 14.6 Å². The average Bonchev–Trinajstić information content (AvgIpc) is 2.29. The molecule has 0 aromatic heterocycles. The molecule has 19 heavy (non-hydrogen) atoms. The van der Waals surface area contributed by atoms with Gasteiger partial charge in [0.15, 0.2) is 6.61 Å². The summed E-state index contributed by atoms with van der Waals surface area (Å²) in [6, 6.07) is 4.69. The fourth-order valence-corrected chi connectivity index (χ4v) is 1.89. The molecule has 0 saturated carbocycles. The molecular weight excluding hydrogens is 289 g/mol. The fourth-order valence-electron chi connectivity index (χ4n) is 1.60. The van der Waals surface area contributed by atoms with Crippen molar-refractivity contribution in [3.8, 4) is 5.75 Å². The number of halogens is 2. The second kappa shape index (κ2) is 7.58. The van der Waals surface area contributed by atoms with E-state index in [1.54, 1.807) is 25.1 Å². The molecule has 4 nitrogen and oxygen atoms in total. The standard InChI is InChI=1S/C13H17Cl2NO3/c1-8(5-9(2)17)16-13(18)7-19-10-3-4-11(14)12(15)6-10/h3-4,6,8-9,17H,5,7H2,1-2H3,(H,16,18). The molecule has 6 heteroatoms. The average molecular weight is 306 g/mol. The lowest BCUT2D eigenvalue weighted by Gasteiger charge is -2.15. The topological polar surface area (TPSA) is 58.6 Å². The van der Waals surface area contributed by atoms with E-state index in [9.17, 15) is 9.90 Å². The third-order valence-electron chi connectivity index (χ3n) is 2.36. The van der Waals surface area contributed by atoms with Crippen molar-refractivity contribution in [2.75, 3.05) is 6.61 Å². The van der Waals surface area contributed by atoms with Crippen LogP contribution in [-0.2, 0) is 4.79 Å². The van der Waals surface area contributed by atoms with E-state index in [0.29, 0.717) is 22.2 Å². The van der Waals surface area contributed by atoms with Crippen LogP contribution in [0.25, 0.3) is 0 Å². The fraction of sp³-hybridized carbons (Fsp3) is 0.462. The zero-order valence-corrected chi connectivity index (χ0v) is 12.3. The lowest BCUT2D eigenvalue weighted by atomic mass is 10.1. The van der Waals surface area contributed by atoms with E-state index in [-0.39, 0.29) is 18.6 Å². The van der Waals surface area contributed by atoms with Gasteiger partial charge in [-0.25, -0.2) is 0 Å². The summed E-state index contributed by atoms with van der Waals surface area (Å²) in [4.78, 5) is 11.6. The van der Waals surface area contributed by atoms with Crippen LogP contribution in [0.2, 0.25) is 10.0 Å². The van der Waals surface area contributed by atoms with Crippen molar-refractivity contribution in [1.82, 2.24) is 5.32 Å². The smallest absolute Gasteiger partial charge is 0.258 e. The molecule has 0 heterocycles. The van der Waals surface area contributed by atoms with E-state index in [1.807, 2.05) is 6.92 Å². The molecule has 1 amide bonds. The number of rotatable bonds is 6. The lowest BCUT2D eigenvalue weighted by molar-refractivity contribution is -0.123. The van der Waals surface area contributed by atoms with Crippen molar-refractivity contribution in [3.63, 3.8) is 0 Å². The van der Waals surface area contributed by atoms with E-state index in [2.05, 4.69) is 5.32 Å². The number of aliphatic hydroxyl groups excluding tert-OH is 1. The SMILES string of the molecule is CC(O)CC(C)NC(=O)COc1ccc(Cl)c(Cl)c1. The maximum Gasteiger partial charge on any atom is 0.258 e. The zero-order chi connectivity index (χ0) is 14.4. The van der Waals surface area contributed by atoms with Crippen molar-refractivity contribution in [2.24, 2.45) is 0 Å². The second-order valence-corrected chi connectivity index (χ2v) is 5.23. The lowest BCUT2D eigenvalue weighted by Crippen LogP contribution is -2.37. The summed E-state index contributed by atoms with van der Waals surface area (Å²) in [5.41, 5.74) is 0. The van der Waals surface area contributed by atoms with Gasteiger partial charge in [0.25, 0.3) is 5.91 Å². The maximum atomic E-state index is 11.6. The predicted molar refractivity (Wildman–Crippen MR) is 75.9 cm³/mol. The van der Waals surface area contributed by atoms with Crippen LogP contribution < -0.4 is 10.1 Å². The minimum absolute atomic E-state index is 0.107. The number of hydrogen-bond donors (Lipinski definition) is 2. The number of amides is 1. The third kappa shape index (κ3) is 6.14. The van der Waals surface area contributed by atoms with Gasteiger partial charge < -0.3 is 15.2 Å². The summed E-state index contributed by atoms with van der Waals surface area (Å²) in [6.45, 7) is 3.39. The second-order valence-electron chi connectivity index (χ2n) is 4.42. The minimum Gasteiger partial charge on any atom is -0.484 e. The van der Waals surface area contributed by atoms with Crippen molar-refractivity contribution in [1.29, 1.82) is 0 Å². The van der Waals surface area contributed by atoms with Crippen LogP contribution in [0.4, 0.5) is 0 Å². The summed E-state index contributed by atoms with van der Waals surface area (Å²) in [5, 5.41) is 12.7. The number of aliphatic hydroxyl groups is 1. The summed E-state index contributed by atoms with van der Waals surface area (Å²) in [7, 11) is 0. The molecule has 0 saturated heterocycles. The zero-order valence-electron chi connectivity index (χ0n) is 10.8. The number of carbonyl (C=O) groups is 1. The van der Waals surface area contributed by atoms with Crippen LogP contribution in [0.3, 0.4) is 0 Å². The van der Waals surface area contributed by atoms with E-state index in [4.69, 9.17) is 27.9 Å². The van der Waals surface area contributed by atoms with Crippen LogP contribution in [0.1, 0.15) is 20.3 Å². The number of ether oxygens (including phenoxy) is 1. The minimum atomic E-state index is -0.453. The summed E-state index contributed by atoms with van der Waals surface area (Å²) < 4.78 is 5.29. The van der Waals surface area contributed by atoms with Gasteiger partial charge in [0.05, 0.1) is 16.1 Å². The van der Waals surface area contributed by atoms with E-state index < -0.39 is 6.10 Å². The first-order chi connectivity index (χ1) is 8.88. The Balaban J connectivity index is 2.39. The van der Waals surface area contributed by atoms with Gasteiger partial charge in [0.2, 0.25) is 0 Å². The highest BCUT2D eigenvalue weighted by molar-refractivity contribution is 6.42. The van der Waals surface area contributed by atoms with Crippen molar-refractivity contribution >= 4 is 29.1 Å². The van der Waals surface area contributed by atoms with Crippen LogP contribution in [-0.4, -0.2) is 29.8 Å². The highest BCUT2D eigenvalue weighted by Gasteiger charge is 2.10. The van der Waals surface area contributed by atoms with Crippen LogP contribution in [0.5, 0.6) is 5.75 Å². The molecule has 1 rings (SSSR count). The Morgan fingerprint density at radius 3 is 2.63 bits per heavy atom. The van der Waals surface area contributed by atoms with Crippen LogP contribution >= 0.6 is 23.2 Å². The molecule has 2 N–H and O–H groups in total. The Labute approximate surface area is 122 Å². The maximum absolute atomic E-state index is 11.6. The molecule has 0 radical (unpaired) electrons. The summed E-state index contributed by atoms with van der Waals surface area (Å²) >= 11 is 11.6. The van der Waals surface area contributed by atoms with Crippen LogP contribution in [0.15, 0.2) is 18.2 Å². The molecule has 2 atom stereocenters. The molecule has 0 aliphatic heterocycles. The Kier molecular flexibility index (Phi) is 6.42. The Morgan fingerprint density at radius 1 is 1.37 bits per heavy atom. The first kappa shape index (κ1) is 16.1. The Hall–Kier alpha value is -0.970. The highest BCUT2D eigenvalue weighted by Crippen LogP contribution is 2.26. The van der Waals surface area contributed by atoms with Gasteiger partial charge in [0, 0.05) is 12.1 Å². The molecular formula is C13H17Cl2NO3. The Morgan fingerprint density at radius 2 is 2.05 bits per heavy atom. The van der Waals surface area contributed by atoms with Crippen molar-refractivity contribution in [3.05, 3.63) is 28.2 Å². The first-order valence-electron chi connectivity index (χ1n) is 5.93. The predicted octanol–water partition coefficient (Wildman–Crippen LogP) is 2.65. The van der Waals surface area contributed by atoms with E-state index in [0.717, 1.165) is 0 Å². The van der Waals surface area contributed by atoms with Gasteiger partial charge in [0.1, 0.15) is 5.75 Å². The molecule has 0 aliphatic carbocycles. The monoisotopic (exact) mass is 305 g/mol. The van der Waals surface area contributed by atoms with E-state index >= 15 is 0 Å². The molecule has 0 fully saturated rings. The number of nitrogens with one attached hydrogen (secondary N) is 1.